The lowest BCUT2D eigenvalue weighted by Gasteiger charge is -2.09. The van der Waals surface area contributed by atoms with Gasteiger partial charge in [0.25, 0.3) is 0 Å². The Hall–Kier alpha value is -1.58. The van der Waals surface area contributed by atoms with Gasteiger partial charge in [-0.15, -0.1) is 0 Å². The van der Waals surface area contributed by atoms with Crippen molar-refractivity contribution in [1.29, 1.82) is 0 Å². The zero-order chi connectivity index (χ0) is 9.97. The second-order valence-electron chi connectivity index (χ2n) is 3.29. The van der Waals surface area contributed by atoms with E-state index < -0.39 is 0 Å². The first-order valence-electron chi connectivity index (χ1n) is 4.63. The Balaban J connectivity index is 2.23. The van der Waals surface area contributed by atoms with E-state index in [0.29, 0.717) is 11.8 Å². The van der Waals surface area contributed by atoms with Crippen molar-refractivity contribution < 1.29 is 9.53 Å². The molecule has 4 heteroatoms. The van der Waals surface area contributed by atoms with Crippen LogP contribution < -0.4 is 10.1 Å². The van der Waals surface area contributed by atoms with Gasteiger partial charge < -0.3 is 10.1 Å². The Morgan fingerprint density at radius 3 is 3.00 bits per heavy atom. The Morgan fingerprint density at radius 1 is 1.64 bits per heavy atom. The first-order valence-corrected chi connectivity index (χ1v) is 4.63. The highest BCUT2D eigenvalue weighted by Crippen LogP contribution is 2.31. The van der Waals surface area contributed by atoms with Gasteiger partial charge in [0.05, 0.1) is 18.0 Å². The number of aromatic nitrogens is 1. The standard InChI is InChI=1S/C10H12N2O2/c1-11-9-4-7(6-13)12-5-10(9)14-8-2-3-8/h4-6,8H,2-3H2,1H3,(H,11,12). The SMILES string of the molecule is CNc1cc(C=O)ncc1OC1CC1. The average Bonchev–Trinajstić information content (AvgIpc) is 3.02. The lowest BCUT2D eigenvalue weighted by molar-refractivity contribution is 0.111. The maximum Gasteiger partial charge on any atom is 0.168 e. The van der Waals surface area contributed by atoms with E-state index in [1.807, 2.05) is 0 Å². The minimum Gasteiger partial charge on any atom is -0.487 e. The molecule has 0 amide bonds. The Bertz CT molecular complexity index is 348. The van der Waals surface area contributed by atoms with Crippen molar-refractivity contribution in [2.75, 3.05) is 12.4 Å². The number of hydrogen-bond acceptors (Lipinski definition) is 4. The molecule has 1 aromatic rings. The molecule has 14 heavy (non-hydrogen) atoms. The molecule has 1 fully saturated rings. The summed E-state index contributed by atoms with van der Waals surface area (Å²) in [5.41, 5.74) is 1.23. The van der Waals surface area contributed by atoms with Crippen molar-refractivity contribution in [2.45, 2.75) is 18.9 Å². The fourth-order valence-corrected chi connectivity index (χ4v) is 1.18. The predicted molar refractivity (Wildman–Crippen MR) is 52.8 cm³/mol. The Morgan fingerprint density at radius 2 is 2.43 bits per heavy atom. The third-order valence-corrected chi connectivity index (χ3v) is 2.10. The molecule has 1 saturated carbocycles. The summed E-state index contributed by atoms with van der Waals surface area (Å²) in [6.07, 6.45) is 4.87. The van der Waals surface area contributed by atoms with Crippen LogP contribution in [-0.2, 0) is 0 Å². The molecular weight excluding hydrogens is 180 g/mol. The van der Waals surface area contributed by atoms with E-state index in [-0.39, 0.29) is 0 Å². The van der Waals surface area contributed by atoms with Crippen LogP contribution in [0.2, 0.25) is 0 Å². The lowest BCUT2D eigenvalue weighted by Crippen LogP contribution is -2.02. The number of nitrogens with one attached hydrogen (secondary N) is 1. The molecule has 0 unspecified atom stereocenters. The molecule has 0 radical (unpaired) electrons. The zero-order valence-corrected chi connectivity index (χ0v) is 7.99. The molecule has 1 N–H and O–H groups in total. The molecule has 1 aliphatic carbocycles. The highest BCUT2D eigenvalue weighted by atomic mass is 16.5. The predicted octanol–water partition coefficient (Wildman–Crippen LogP) is 1.48. The maximum atomic E-state index is 10.5. The molecule has 0 bridgehead atoms. The minimum atomic E-state index is 0.339. The van der Waals surface area contributed by atoms with Gasteiger partial charge in [0.15, 0.2) is 12.0 Å². The molecule has 0 saturated heterocycles. The van der Waals surface area contributed by atoms with Gasteiger partial charge in [0, 0.05) is 7.05 Å². The van der Waals surface area contributed by atoms with Gasteiger partial charge >= 0.3 is 0 Å². The largest absolute Gasteiger partial charge is 0.487 e. The summed E-state index contributed by atoms with van der Waals surface area (Å²) < 4.78 is 5.61. The number of pyridine rings is 1. The molecule has 0 atom stereocenters. The molecule has 1 aliphatic rings. The van der Waals surface area contributed by atoms with E-state index in [0.717, 1.165) is 30.6 Å². The first-order chi connectivity index (χ1) is 6.83. The van der Waals surface area contributed by atoms with Gasteiger partial charge in [-0.05, 0) is 18.9 Å². The van der Waals surface area contributed by atoms with Crippen LogP contribution in [-0.4, -0.2) is 24.4 Å². The van der Waals surface area contributed by atoms with Crippen LogP contribution >= 0.6 is 0 Å². The Kier molecular flexibility index (Phi) is 2.35. The zero-order valence-electron chi connectivity index (χ0n) is 7.99. The van der Waals surface area contributed by atoms with E-state index in [4.69, 9.17) is 4.74 Å². The summed E-state index contributed by atoms with van der Waals surface area (Å²) in [4.78, 5) is 14.4. The molecule has 0 spiro atoms. The molecule has 0 aliphatic heterocycles. The molecule has 4 nitrogen and oxygen atoms in total. The van der Waals surface area contributed by atoms with Crippen molar-refractivity contribution in [2.24, 2.45) is 0 Å². The van der Waals surface area contributed by atoms with Crippen molar-refractivity contribution in [3.8, 4) is 5.75 Å². The maximum absolute atomic E-state index is 10.5. The molecule has 74 valence electrons. The van der Waals surface area contributed by atoms with E-state index in [1.165, 1.54) is 0 Å². The Labute approximate surface area is 82.3 Å². The van der Waals surface area contributed by atoms with Crippen molar-refractivity contribution in [3.63, 3.8) is 0 Å². The molecule has 2 rings (SSSR count). The summed E-state index contributed by atoms with van der Waals surface area (Å²) in [6, 6.07) is 1.69. The van der Waals surface area contributed by atoms with Gasteiger partial charge in [-0.25, -0.2) is 4.98 Å². The van der Waals surface area contributed by atoms with Crippen molar-refractivity contribution in [1.82, 2.24) is 4.98 Å². The normalized spacial score (nSPS) is 14.9. The summed E-state index contributed by atoms with van der Waals surface area (Å²) in [7, 11) is 1.80. The number of rotatable bonds is 4. The number of aldehydes is 1. The van der Waals surface area contributed by atoms with Crippen molar-refractivity contribution >= 4 is 12.0 Å². The fourth-order valence-electron chi connectivity index (χ4n) is 1.18. The summed E-state index contributed by atoms with van der Waals surface area (Å²) >= 11 is 0. The second kappa shape index (κ2) is 3.65. The monoisotopic (exact) mass is 192 g/mol. The van der Waals surface area contributed by atoms with Crippen LogP contribution in [0.25, 0.3) is 0 Å². The number of ether oxygens (including phenoxy) is 1. The second-order valence-corrected chi connectivity index (χ2v) is 3.29. The van der Waals surface area contributed by atoms with Crippen LogP contribution in [0.5, 0.6) is 5.75 Å². The van der Waals surface area contributed by atoms with Crippen LogP contribution in [0.1, 0.15) is 23.3 Å². The number of carbonyl (C=O) groups excluding carboxylic acids is 1. The summed E-state index contributed by atoms with van der Waals surface area (Å²) in [5, 5.41) is 2.98. The van der Waals surface area contributed by atoms with Crippen LogP contribution in [0.4, 0.5) is 5.69 Å². The van der Waals surface area contributed by atoms with Gasteiger partial charge in [0.2, 0.25) is 0 Å². The molecular formula is C10H12N2O2. The van der Waals surface area contributed by atoms with E-state index >= 15 is 0 Å². The topological polar surface area (TPSA) is 51.2 Å². The quantitative estimate of drug-likeness (QED) is 0.734. The first kappa shape index (κ1) is 8.99. The average molecular weight is 192 g/mol. The van der Waals surface area contributed by atoms with E-state index in [9.17, 15) is 4.79 Å². The molecule has 0 aromatic carbocycles. The van der Waals surface area contributed by atoms with Crippen LogP contribution in [0.15, 0.2) is 12.3 Å². The summed E-state index contributed by atoms with van der Waals surface area (Å²) in [5.74, 6) is 0.723. The molecule has 1 aromatic heterocycles. The highest BCUT2D eigenvalue weighted by molar-refractivity contribution is 5.75. The highest BCUT2D eigenvalue weighted by Gasteiger charge is 2.24. The smallest absolute Gasteiger partial charge is 0.168 e. The summed E-state index contributed by atoms with van der Waals surface area (Å²) in [6.45, 7) is 0. The van der Waals surface area contributed by atoms with Gasteiger partial charge in [0.1, 0.15) is 5.69 Å². The van der Waals surface area contributed by atoms with Crippen LogP contribution in [0.3, 0.4) is 0 Å². The van der Waals surface area contributed by atoms with E-state index in [1.54, 1.807) is 19.3 Å². The lowest BCUT2D eigenvalue weighted by atomic mass is 10.3. The number of nitrogens with zero attached hydrogens (tertiary/aromatic N) is 1. The van der Waals surface area contributed by atoms with Crippen LogP contribution in [0, 0.1) is 0 Å². The van der Waals surface area contributed by atoms with E-state index in [2.05, 4.69) is 10.3 Å². The fraction of sp³-hybridized carbons (Fsp3) is 0.400. The number of carbonyl (C=O) groups is 1. The number of anilines is 1. The third kappa shape index (κ3) is 1.84. The van der Waals surface area contributed by atoms with Crippen molar-refractivity contribution in [3.05, 3.63) is 18.0 Å². The molecule has 1 heterocycles. The third-order valence-electron chi connectivity index (χ3n) is 2.10. The number of hydrogen-bond donors (Lipinski definition) is 1. The van der Waals surface area contributed by atoms with Gasteiger partial charge in [-0.3, -0.25) is 4.79 Å². The van der Waals surface area contributed by atoms with Gasteiger partial charge in [-0.2, -0.15) is 0 Å². The van der Waals surface area contributed by atoms with Gasteiger partial charge in [-0.1, -0.05) is 0 Å². The minimum absolute atomic E-state index is 0.339.